The Hall–Kier alpha value is 1.40. The van der Waals surface area contributed by atoms with Crippen molar-refractivity contribution >= 4 is 71.3 Å². The van der Waals surface area contributed by atoms with Gasteiger partial charge in [-0.3, -0.25) is 0 Å². The standard InChI is InChI=1S/C6H18NSi2.C5H8O3.Ba/c1-8(2,3)7-9(4,5)6;6-5(7)4-2-1-3-8-4;/h1-6H3;4H,1-3H2,(H,6,7);/q-1;;+2/p-1. The van der Waals surface area contributed by atoms with Crippen LogP contribution in [0.2, 0.25) is 39.3 Å². The summed E-state index contributed by atoms with van der Waals surface area (Å²) < 4.78 is 9.57. The minimum Gasteiger partial charge on any atom is -0.668 e. The molecule has 0 saturated carbocycles. The zero-order valence-corrected chi connectivity index (χ0v) is 19.0. The van der Waals surface area contributed by atoms with Crippen LogP contribution in [0.25, 0.3) is 4.65 Å². The van der Waals surface area contributed by atoms with E-state index in [-0.39, 0.29) is 48.9 Å². The third kappa shape index (κ3) is 13.8. The SMILES string of the molecule is C[Si](C)(C)[N-][Si](C)(C)C.O=C([O-])C1CCCO1.[Ba+2]. The molecule has 18 heavy (non-hydrogen) atoms. The molecule has 1 unspecified atom stereocenters. The number of carboxylic acid groups (broad SMARTS) is 1. The quantitative estimate of drug-likeness (QED) is 0.661. The Labute approximate surface area is 154 Å². The molecular formula is C11H25BaNO3Si2. The average molecular weight is 413 g/mol. The van der Waals surface area contributed by atoms with E-state index < -0.39 is 28.5 Å². The van der Waals surface area contributed by atoms with Crippen LogP contribution in [0, 0.1) is 0 Å². The Morgan fingerprint density at radius 2 is 1.61 bits per heavy atom. The van der Waals surface area contributed by atoms with Crippen LogP contribution in [-0.4, -0.2) is 84.0 Å². The van der Waals surface area contributed by atoms with E-state index in [1.165, 1.54) is 0 Å². The van der Waals surface area contributed by atoms with Crippen LogP contribution in [0.3, 0.4) is 0 Å². The number of hydrogen-bond acceptors (Lipinski definition) is 3. The fraction of sp³-hybridized carbons (Fsp3) is 0.909. The summed E-state index contributed by atoms with van der Waals surface area (Å²) in [6.07, 6.45) is 0.830. The van der Waals surface area contributed by atoms with E-state index in [1.54, 1.807) is 0 Å². The van der Waals surface area contributed by atoms with Crippen molar-refractivity contribution in [2.45, 2.75) is 58.2 Å². The van der Waals surface area contributed by atoms with E-state index in [4.69, 9.17) is 9.38 Å². The van der Waals surface area contributed by atoms with Crippen LogP contribution in [0.5, 0.6) is 0 Å². The van der Waals surface area contributed by atoms with Gasteiger partial charge in [0.1, 0.15) is 0 Å². The van der Waals surface area contributed by atoms with Crippen molar-refractivity contribution in [1.29, 1.82) is 0 Å². The molecule has 1 atom stereocenters. The first kappa shape index (κ1) is 21.7. The maximum Gasteiger partial charge on any atom is 2.00 e. The van der Waals surface area contributed by atoms with Gasteiger partial charge in [-0.25, -0.2) is 0 Å². The van der Waals surface area contributed by atoms with E-state index in [1.807, 2.05) is 0 Å². The number of ether oxygens (including phenoxy) is 1. The monoisotopic (exact) mass is 413 g/mol. The van der Waals surface area contributed by atoms with Crippen LogP contribution >= 0.6 is 0 Å². The Balaban J connectivity index is 0. The van der Waals surface area contributed by atoms with Gasteiger partial charge in [0, 0.05) is 6.61 Å². The van der Waals surface area contributed by atoms with Crippen LogP contribution in [0.15, 0.2) is 0 Å². The summed E-state index contributed by atoms with van der Waals surface area (Å²) in [6.45, 7) is 14.3. The summed E-state index contributed by atoms with van der Waals surface area (Å²) in [7, 11) is -2.21. The van der Waals surface area contributed by atoms with Gasteiger partial charge in [0.15, 0.2) is 0 Å². The molecular weight excluding hydrogens is 388 g/mol. The first-order valence-corrected chi connectivity index (χ1v) is 13.0. The first-order chi connectivity index (χ1) is 7.51. The number of hydrogen-bond donors (Lipinski definition) is 0. The summed E-state index contributed by atoms with van der Waals surface area (Å²) in [5.74, 6) is -1.08. The average Bonchev–Trinajstić information content (AvgIpc) is 2.47. The van der Waals surface area contributed by atoms with E-state index in [9.17, 15) is 9.90 Å². The van der Waals surface area contributed by atoms with Crippen molar-refractivity contribution in [1.82, 2.24) is 0 Å². The van der Waals surface area contributed by atoms with Crippen molar-refractivity contribution in [2.24, 2.45) is 0 Å². The molecule has 1 aliphatic heterocycles. The van der Waals surface area contributed by atoms with Gasteiger partial charge in [-0.15, -0.1) is 0 Å². The van der Waals surface area contributed by atoms with Gasteiger partial charge in [0.2, 0.25) is 0 Å². The fourth-order valence-electron chi connectivity index (χ4n) is 1.77. The van der Waals surface area contributed by atoms with Crippen LogP contribution in [-0.2, 0) is 9.53 Å². The number of rotatable bonds is 3. The Kier molecular flexibility index (Phi) is 11.3. The van der Waals surface area contributed by atoms with Crippen molar-refractivity contribution in [3.05, 3.63) is 4.65 Å². The molecule has 0 spiro atoms. The first-order valence-electron chi connectivity index (χ1n) is 6.08. The molecule has 0 aromatic rings. The van der Waals surface area contributed by atoms with Crippen LogP contribution < -0.4 is 5.11 Å². The molecule has 1 aliphatic rings. The van der Waals surface area contributed by atoms with Crippen molar-refractivity contribution in [3.8, 4) is 0 Å². The van der Waals surface area contributed by atoms with E-state index >= 15 is 0 Å². The second-order valence-corrected chi connectivity index (χ2v) is 15.9. The molecule has 102 valence electrons. The number of aliphatic carboxylic acids is 1. The van der Waals surface area contributed by atoms with Gasteiger partial charge in [0.25, 0.3) is 0 Å². The van der Waals surface area contributed by atoms with Gasteiger partial charge in [-0.2, -0.15) is 0 Å². The predicted octanol–water partition coefficient (Wildman–Crippen LogP) is 1.56. The van der Waals surface area contributed by atoms with Crippen molar-refractivity contribution < 1.29 is 14.6 Å². The van der Waals surface area contributed by atoms with E-state index in [0.717, 1.165) is 6.42 Å². The maximum absolute atomic E-state index is 9.97. The third-order valence-corrected chi connectivity index (χ3v) is 7.23. The van der Waals surface area contributed by atoms with Crippen LogP contribution in [0.1, 0.15) is 12.8 Å². The second-order valence-electron chi connectivity index (χ2n) is 6.27. The fourth-order valence-corrected chi connectivity index (χ4v) is 9.82. The van der Waals surface area contributed by atoms with Crippen molar-refractivity contribution in [2.75, 3.05) is 6.61 Å². The van der Waals surface area contributed by atoms with Gasteiger partial charge >= 0.3 is 48.9 Å². The van der Waals surface area contributed by atoms with Gasteiger partial charge in [-0.05, 0) is 12.8 Å². The van der Waals surface area contributed by atoms with Gasteiger partial charge in [0.05, 0.1) is 12.1 Å². The minimum atomic E-state index is -1.11. The molecule has 1 fully saturated rings. The third-order valence-electron chi connectivity index (χ3n) is 1.86. The molecule has 0 radical (unpaired) electrons. The number of carbonyl (C=O) groups is 1. The number of carboxylic acids is 1. The smallest absolute Gasteiger partial charge is 0.668 e. The largest absolute Gasteiger partial charge is 2.00 e. The molecule has 1 rings (SSSR count). The number of nitrogens with zero attached hydrogens (tertiary/aromatic N) is 1. The molecule has 1 saturated heterocycles. The summed E-state index contributed by atoms with van der Waals surface area (Å²) in [5.41, 5.74) is 0. The molecule has 1 heterocycles. The normalized spacial score (nSPS) is 19.6. The zero-order chi connectivity index (χ0) is 13.7. The zero-order valence-electron chi connectivity index (χ0n) is 12.6. The molecule has 7 heteroatoms. The Morgan fingerprint density at radius 1 is 1.17 bits per heavy atom. The molecule has 0 aromatic carbocycles. The number of carbonyl (C=O) groups excluding carboxylic acids is 1. The molecule has 4 nitrogen and oxygen atoms in total. The van der Waals surface area contributed by atoms with Crippen molar-refractivity contribution in [3.63, 3.8) is 0 Å². The molecule has 0 aromatic heterocycles. The topological polar surface area (TPSA) is 63.5 Å². The molecule has 0 bridgehead atoms. The summed E-state index contributed by atoms with van der Waals surface area (Å²) in [5, 5.41) is 9.97. The van der Waals surface area contributed by atoms with Crippen LogP contribution in [0.4, 0.5) is 0 Å². The second kappa shape index (κ2) is 9.35. The molecule has 0 aliphatic carbocycles. The summed E-state index contributed by atoms with van der Waals surface area (Å²) in [4.78, 5) is 9.97. The van der Waals surface area contributed by atoms with E-state index in [0.29, 0.717) is 13.0 Å². The van der Waals surface area contributed by atoms with Gasteiger partial charge < -0.3 is 19.3 Å². The summed E-state index contributed by atoms with van der Waals surface area (Å²) in [6, 6.07) is 0. The van der Waals surface area contributed by atoms with E-state index in [2.05, 4.69) is 39.3 Å². The molecule has 0 amide bonds. The minimum absolute atomic E-state index is 0. The summed E-state index contributed by atoms with van der Waals surface area (Å²) >= 11 is 0. The molecule has 0 N–H and O–H groups in total. The predicted molar refractivity (Wildman–Crippen MR) is 79.8 cm³/mol. The maximum atomic E-state index is 9.97. The Morgan fingerprint density at radius 3 is 1.72 bits per heavy atom. The Bertz CT molecular complexity index is 234. The van der Waals surface area contributed by atoms with Gasteiger partial charge in [-0.1, -0.05) is 55.8 Å².